The first-order valence-corrected chi connectivity index (χ1v) is 11.3. The molecule has 0 spiro atoms. The number of nitriles is 1. The van der Waals surface area contributed by atoms with Gasteiger partial charge in [-0.3, -0.25) is 4.79 Å². The second-order valence-corrected chi connectivity index (χ2v) is 8.91. The van der Waals surface area contributed by atoms with E-state index in [4.69, 9.17) is 4.74 Å². The summed E-state index contributed by atoms with van der Waals surface area (Å²) in [6, 6.07) is 23.1. The maximum Gasteiger partial charge on any atom is 0.266 e. The lowest BCUT2D eigenvalue weighted by Gasteiger charge is -2.12. The van der Waals surface area contributed by atoms with Crippen LogP contribution in [0.4, 0.5) is 5.69 Å². The molecule has 0 aromatic heterocycles. The molecule has 0 fully saturated rings. The number of carbonyl (C=O) groups is 1. The van der Waals surface area contributed by atoms with Gasteiger partial charge in [-0.1, -0.05) is 48.0 Å². The van der Waals surface area contributed by atoms with Gasteiger partial charge < -0.3 is 10.1 Å². The van der Waals surface area contributed by atoms with E-state index >= 15 is 0 Å². The van der Waals surface area contributed by atoms with Gasteiger partial charge in [-0.2, -0.15) is 5.26 Å². The molecule has 1 N–H and O–H groups in total. The molecule has 0 atom stereocenters. The number of ether oxygens (including phenoxy) is 1. The topological polar surface area (TPSA) is 62.1 Å². The fourth-order valence-electron chi connectivity index (χ4n) is 2.79. The fourth-order valence-corrected chi connectivity index (χ4v) is 4.92. The zero-order valence-electron chi connectivity index (χ0n) is 16.2. The molecule has 0 radical (unpaired) electrons. The number of nitrogens with zero attached hydrogens (tertiary/aromatic N) is 1. The number of anilines is 1. The molecule has 0 saturated carbocycles. The number of aryl methyl sites for hydroxylation is 1. The minimum Gasteiger partial charge on any atom is -0.487 e. The van der Waals surface area contributed by atoms with E-state index in [0.29, 0.717) is 12.3 Å². The molecule has 0 aliphatic carbocycles. The molecule has 3 rings (SSSR count). The average molecular weight is 620 g/mol. The Morgan fingerprint density at radius 2 is 1.77 bits per heavy atom. The smallest absolute Gasteiger partial charge is 0.266 e. The summed E-state index contributed by atoms with van der Waals surface area (Å²) >= 11 is 4.43. The maximum atomic E-state index is 12.4. The Bertz CT molecular complexity index is 1110. The molecule has 0 bridgehead atoms. The summed E-state index contributed by atoms with van der Waals surface area (Å²) in [7, 11) is 0. The summed E-state index contributed by atoms with van der Waals surface area (Å²) in [4.78, 5) is 12.4. The van der Waals surface area contributed by atoms with Gasteiger partial charge in [-0.25, -0.2) is 0 Å². The van der Waals surface area contributed by atoms with E-state index in [1.807, 2.05) is 48.5 Å². The number of amides is 1. The summed E-state index contributed by atoms with van der Waals surface area (Å²) in [5.74, 6) is 0.357. The van der Waals surface area contributed by atoms with Crippen LogP contribution in [0.15, 0.2) is 72.3 Å². The number of hydrogen-bond acceptors (Lipinski definition) is 3. The standard InChI is InChI=1S/C24H18I2N2O2/c1-16-6-5-7-17(10-16)15-30-23-21(25)12-18(13-22(23)26)11-19(14-27)24(29)28-20-8-3-2-4-9-20/h2-13H,15H2,1H3,(H,28,29)/b19-11-. The molecule has 0 aliphatic heterocycles. The van der Waals surface area contributed by atoms with Gasteiger partial charge in [0.1, 0.15) is 24.0 Å². The number of rotatable bonds is 6. The van der Waals surface area contributed by atoms with Gasteiger partial charge in [0.25, 0.3) is 5.91 Å². The number of nitrogens with one attached hydrogen (secondary N) is 1. The fraction of sp³-hybridized carbons (Fsp3) is 0.0833. The quantitative estimate of drug-likeness (QED) is 0.199. The van der Waals surface area contributed by atoms with Crippen LogP contribution in [0.1, 0.15) is 16.7 Å². The Morgan fingerprint density at radius 3 is 2.40 bits per heavy atom. The maximum absolute atomic E-state index is 12.4. The number of hydrogen-bond donors (Lipinski definition) is 1. The predicted molar refractivity (Wildman–Crippen MR) is 136 cm³/mol. The first-order chi connectivity index (χ1) is 14.5. The zero-order chi connectivity index (χ0) is 21.5. The molecule has 30 heavy (non-hydrogen) atoms. The Hall–Kier alpha value is -2.38. The summed E-state index contributed by atoms with van der Waals surface area (Å²) in [6.45, 7) is 2.53. The van der Waals surface area contributed by atoms with E-state index < -0.39 is 5.91 Å². The van der Waals surface area contributed by atoms with Gasteiger partial charge in [0.05, 0.1) is 7.14 Å². The van der Waals surface area contributed by atoms with Crippen LogP contribution in [-0.4, -0.2) is 5.91 Å². The molecular weight excluding hydrogens is 602 g/mol. The van der Waals surface area contributed by atoms with Crippen molar-refractivity contribution in [1.82, 2.24) is 0 Å². The van der Waals surface area contributed by atoms with Gasteiger partial charge in [0.2, 0.25) is 0 Å². The van der Waals surface area contributed by atoms with Crippen molar-refractivity contribution in [1.29, 1.82) is 5.26 Å². The molecule has 0 unspecified atom stereocenters. The summed E-state index contributed by atoms with van der Waals surface area (Å²) in [6.07, 6.45) is 1.59. The van der Waals surface area contributed by atoms with Crippen LogP contribution in [0.5, 0.6) is 5.75 Å². The second kappa shape index (κ2) is 10.6. The first kappa shape index (κ1) is 22.3. The van der Waals surface area contributed by atoms with Crippen LogP contribution in [0.2, 0.25) is 0 Å². The third-order valence-corrected chi connectivity index (χ3v) is 5.80. The highest BCUT2D eigenvalue weighted by Crippen LogP contribution is 2.30. The van der Waals surface area contributed by atoms with Crippen molar-refractivity contribution < 1.29 is 9.53 Å². The van der Waals surface area contributed by atoms with Gasteiger partial charge in [-0.05, 0) is 93.6 Å². The van der Waals surface area contributed by atoms with E-state index in [1.165, 1.54) is 5.56 Å². The Labute approximate surface area is 203 Å². The predicted octanol–water partition coefficient (Wildman–Crippen LogP) is 6.33. The molecular formula is C24H18I2N2O2. The molecule has 0 saturated heterocycles. The van der Waals surface area contributed by atoms with Crippen molar-refractivity contribution in [2.75, 3.05) is 5.32 Å². The van der Waals surface area contributed by atoms with E-state index in [0.717, 1.165) is 24.0 Å². The van der Waals surface area contributed by atoms with E-state index in [-0.39, 0.29) is 5.57 Å². The van der Waals surface area contributed by atoms with Crippen LogP contribution in [0.3, 0.4) is 0 Å². The number of para-hydroxylation sites is 1. The van der Waals surface area contributed by atoms with Gasteiger partial charge >= 0.3 is 0 Å². The monoisotopic (exact) mass is 620 g/mol. The van der Waals surface area contributed by atoms with Crippen molar-refractivity contribution in [3.8, 4) is 11.8 Å². The molecule has 3 aromatic rings. The van der Waals surface area contributed by atoms with Crippen LogP contribution >= 0.6 is 45.2 Å². The lowest BCUT2D eigenvalue weighted by Crippen LogP contribution is -2.13. The SMILES string of the molecule is Cc1cccc(COc2c(I)cc(/C=C(/C#N)C(=O)Nc3ccccc3)cc2I)c1. The Morgan fingerprint density at radius 1 is 1.07 bits per heavy atom. The average Bonchev–Trinajstić information content (AvgIpc) is 2.72. The molecule has 0 heterocycles. The highest BCUT2D eigenvalue weighted by atomic mass is 127. The normalized spacial score (nSPS) is 10.9. The van der Waals surface area contributed by atoms with Crippen molar-refractivity contribution in [3.63, 3.8) is 0 Å². The van der Waals surface area contributed by atoms with Gasteiger partial charge in [0, 0.05) is 5.69 Å². The molecule has 1 amide bonds. The Kier molecular flexibility index (Phi) is 7.87. The van der Waals surface area contributed by atoms with E-state index in [9.17, 15) is 10.1 Å². The number of carbonyl (C=O) groups excluding carboxylic acids is 1. The molecule has 0 aliphatic rings. The molecule has 150 valence electrons. The minimum absolute atomic E-state index is 0.0406. The second-order valence-electron chi connectivity index (χ2n) is 6.58. The Balaban J connectivity index is 1.77. The van der Waals surface area contributed by atoms with Crippen molar-refractivity contribution in [2.24, 2.45) is 0 Å². The summed E-state index contributed by atoms with van der Waals surface area (Å²) in [5.41, 5.74) is 3.76. The zero-order valence-corrected chi connectivity index (χ0v) is 20.5. The van der Waals surface area contributed by atoms with Crippen molar-refractivity contribution in [2.45, 2.75) is 13.5 Å². The molecule has 4 nitrogen and oxygen atoms in total. The van der Waals surface area contributed by atoms with Crippen LogP contribution in [0.25, 0.3) is 6.08 Å². The van der Waals surface area contributed by atoms with Gasteiger partial charge in [-0.15, -0.1) is 0 Å². The first-order valence-electron chi connectivity index (χ1n) is 9.12. The third-order valence-electron chi connectivity index (χ3n) is 4.19. The number of benzene rings is 3. The lowest BCUT2D eigenvalue weighted by molar-refractivity contribution is -0.112. The van der Waals surface area contributed by atoms with Crippen molar-refractivity contribution in [3.05, 3.63) is 96.1 Å². The van der Waals surface area contributed by atoms with Crippen molar-refractivity contribution >= 4 is 62.9 Å². The summed E-state index contributed by atoms with van der Waals surface area (Å²) < 4.78 is 7.87. The largest absolute Gasteiger partial charge is 0.487 e. The summed E-state index contributed by atoms with van der Waals surface area (Å²) in [5, 5.41) is 12.2. The van der Waals surface area contributed by atoms with Crippen LogP contribution < -0.4 is 10.1 Å². The highest BCUT2D eigenvalue weighted by Gasteiger charge is 2.13. The number of halogens is 2. The lowest BCUT2D eigenvalue weighted by atomic mass is 10.1. The van der Waals surface area contributed by atoms with Gasteiger partial charge in [0.15, 0.2) is 0 Å². The van der Waals surface area contributed by atoms with E-state index in [2.05, 4.69) is 69.6 Å². The minimum atomic E-state index is -0.437. The highest BCUT2D eigenvalue weighted by molar-refractivity contribution is 14.1. The molecule has 6 heteroatoms. The molecule has 3 aromatic carbocycles. The van der Waals surface area contributed by atoms with E-state index in [1.54, 1.807) is 18.2 Å². The van der Waals surface area contributed by atoms with Crippen LogP contribution in [0, 0.1) is 25.4 Å². The van der Waals surface area contributed by atoms with Crippen LogP contribution in [-0.2, 0) is 11.4 Å². The third kappa shape index (κ3) is 6.06.